The fraction of sp³-hybridized carbons (Fsp3) is 1.00. The first kappa shape index (κ1) is 14.7. The van der Waals surface area contributed by atoms with Gasteiger partial charge in [-0.3, -0.25) is 4.90 Å². The van der Waals surface area contributed by atoms with Crippen LogP contribution in [0.1, 0.15) is 19.3 Å². The van der Waals surface area contributed by atoms with Crippen LogP contribution in [0.5, 0.6) is 0 Å². The van der Waals surface area contributed by atoms with Crippen LogP contribution in [0.4, 0.5) is 0 Å². The number of ether oxygens (including phenoxy) is 1. The Morgan fingerprint density at radius 2 is 2.00 bits per heavy atom. The molecule has 18 heavy (non-hydrogen) atoms. The highest BCUT2D eigenvalue weighted by Crippen LogP contribution is 2.16. The number of rotatable bonds is 4. The predicted molar refractivity (Wildman–Crippen MR) is 74.3 cm³/mol. The number of sulfonamides is 1. The van der Waals surface area contributed by atoms with Crippen LogP contribution in [0.25, 0.3) is 0 Å². The molecule has 2 fully saturated rings. The number of hydrogen-bond donors (Lipinski definition) is 0. The lowest BCUT2D eigenvalue weighted by Crippen LogP contribution is -2.37. The first-order valence-electron chi connectivity index (χ1n) is 6.49. The van der Waals surface area contributed by atoms with Crippen molar-refractivity contribution in [1.29, 1.82) is 0 Å². The zero-order valence-corrected chi connectivity index (χ0v) is 13.0. The van der Waals surface area contributed by atoms with Crippen LogP contribution in [0, 0.1) is 0 Å². The Morgan fingerprint density at radius 1 is 1.17 bits per heavy atom. The molecule has 0 saturated carbocycles. The van der Waals surface area contributed by atoms with Gasteiger partial charge in [-0.05, 0) is 25.8 Å². The molecule has 1 atom stereocenters. The van der Waals surface area contributed by atoms with Crippen molar-refractivity contribution >= 4 is 26.0 Å². The lowest BCUT2D eigenvalue weighted by atomic mass is 10.2. The molecule has 2 saturated heterocycles. The second kappa shape index (κ2) is 6.65. The van der Waals surface area contributed by atoms with Gasteiger partial charge in [0.1, 0.15) is 4.66 Å². The van der Waals surface area contributed by atoms with Crippen LogP contribution in [0.2, 0.25) is 0 Å². The van der Waals surface area contributed by atoms with E-state index >= 15 is 0 Å². The highest BCUT2D eigenvalue weighted by molar-refractivity contribution is 9.10. The van der Waals surface area contributed by atoms with Crippen LogP contribution in [-0.2, 0) is 14.8 Å². The van der Waals surface area contributed by atoms with E-state index in [1.165, 1.54) is 0 Å². The summed E-state index contributed by atoms with van der Waals surface area (Å²) < 4.78 is 30.8. The molecule has 2 aliphatic rings. The van der Waals surface area contributed by atoms with E-state index in [4.69, 9.17) is 4.74 Å². The molecule has 0 spiro atoms. The largest absolute Gasteiger partial charge is 0.377 e. The van der Waals surface area contributed by atoms with E-state index < -0.39 is 10.0 Å². The fourth-order valence-electron chi connectivity index (χ4n) is 2.55. The van der Waals surface area contributed by atoms with Crippen LogP contribution in [0.3, 0.4) is 0 Å². The maximum absolute atomic E-state index is 11.8. The Bertz CT molecular complexity index is 357. The Labute approximate surface area is 118 Å². The quantitative estimate of drug-likeness (QED) is 0.712. The van der Waals surface area contributed by atoms with Gasteiger partial charge in [-0.15, -0.1) is 0 Å². The standard InChI is InChI=1S/C11H21BrN2O3S/c12-10-18(15,16)14-5-2-4-13(6-7-14)9-11-3-1-8-17-11/h11H,1-10H2. The molecular formula is C11H21BrN2O3S. The van der Waals surface area contributed by atoms with E-state index in [9.17, 15) is 8.42 Å². The smallest absolute Gasteiger partial charge is 0.224 e. The SMILES string of the molecule is O=S(=O)(CBr)N1CCCN(CC2CCCO2)CC1. The van der Waals surface area contributed by atoms with E-state index in [0.29, 0.717) is 19.2 Å². The van der Waals surface area contributed by atoms with Crippen molar-refractivity contribution in [2.75, 3.05) is 44.0 Å². The molecule has 2 aliphatic heterocycles. The maximum Gasteiger partial charge on any atom is 0.224 e. The van der Waals surface area contributed by atoms with Gasteiger partial charge in [-0.25, -0.2) is 8.42 Å². The zero-order chi connectivity index (χ0) is 13.0. The van der Waals surface area contributed by atoms with Crippen LogP contribution >= 0.6 is 15.9 Å². The van der Waals surface area contributed by atoms with Crippen molar-refractivity contribution in [1.82, 2.24) is 9.21 Å². The van der Waals surface area contributed by atoms with E-state index in [0.717, 1.165) is 45.5 Å². The van der Waals surface area contributed by atoms with Crippen LogP contribution < -0.4 is 0 Å². The van der Waals surface area contributed by atoms with Gasteiger partial charge in [0.25, 0.3) is 0 Å². The number of halogens is 1. The summed E-state index contributed by atoms with van der Waals surface area (Å²) in [5.41, 5.74) is 0. The number of nitrogens with zero attached hydrogens (tertiary/aromatic N) is 2. The molecule has 0 bridgehead atoms. The summed E-state index contributed by atoms with van der Waals surface area (Å²) in [6, 6.07) is 0. The topological polar surface area (TPSA) is 49.9 Å². The van der Waals surface area contributed by atoms with Crippen molar-refractivity contribution in [3.05, 3.63) is 0 Å². The lowest BCUT2D eigenvalue weighted by Gasteiger charge is -2.23. The van der Waals surface area contributed by atoms with Crippen molar-refractivity contribution in [3.8, 4) is 0 Å². The Kier molecular flexibility index (Phi) is 5.44. The first-order valence-corrected chi connectivity index (χ1v) is 9.22. The molecule has 0 N–H and O–H groups in total. The summed E-state index contributed by atoms with van der Waals surface area (Å²) >= 11 is 3.05. The summed E-state index contributed by atoms with van der Waals surface area (Å²) in [7, 11) is -3.10. The summed E-state index contributed by atoms with van der Waals surface area (Å²) in [6.07, 6.45) is 3.55. The highest BCUT2D eigenvalue weighted by Gasteiger charge is 2.26. The second-order valence-corrected chi connectivity index (χ2v) is 8.18. The molecule has 0 aromatic rings. The number of alkyl halides is 1. The minimum Gasteiger partial charge on any atom is -0.377 e. The van der Waals surface area contributed by atoms with Crippen molar-refractivity contribution in [2.24, 2.45) is 0 Å². The lowest BCUT2D eigenvalue weighted by molar-refractivity contribution is 0.0749. The summed E-state index contributed by atoms with van der Waals surface area (Å²) in [6.45, 7) is 4.83. The average Bonchev–Trinajstić information content (AvgIpc) is 2.73. The molecule has 106 valence electrons. The van der Waals surface area contributed by atoms with Crippen LogP contribution in [0.15, 0.2) is 0 Å². The molecule has 2 heterocycles. The average molecular weight is 341 g/mol. The van der Waals surface area contributed by atoms with Gasteiger partial charge < -0.3 is 4.74 Å². The normalized spacial score (nSPS) is 28.4. The predicted octanol–water partition coefficient (Wildman–Crippen LogP) is 0.855. The first-order chi connectivity index (χ1) is 8.62. The van der Waals surface area contributed by atoms with Gasteiger partial charge in [0.2, 0.25) is 10.0 Å². The van der Waals surface area contributed by atoms with Crippen molar-refractivity contribution in [3.63, 3.8) is 0 Å². The monoisotopic (exact) mass is 340 g/mol. The highest BCUT2D eigenvalue weighted by atomic mass is 79.9. The van der Waals surface area contributed by atoms with Gasteiger partial charge in [0.15, 0.2) is 0 Å². The van der Waals surface area contributed by atoms with Crippen LogP contribution in [-0.4, -0.2) is 67.7 Å². The molecule has 0 amide bonds. The molecule has 0 aliphatic carbocycles. The Hall–Kier alpha value is 0.310. The third kappa shape index (κ3) is 3.90. The molecule has 1 unspecified atom stereocenters. The molecule has 2 rings (SSSR count). The van der Waals surface area contributed by atoms with E-state index in [2.05, 4.69) is 20.8 Å². The fourth-order valence-corrected chi connectivity index (χ4v) is 4.33. The minimum absolute atomic E-state index is 0.0196. The van der Waals surface area contributed by atoms with Gasteiger partial charge >= 0.3 is 0 Å². The van der Waals surface area contributed by atoms with Gasteiger partial charge in [-0.2, -0.15) is 4.31 Å². The third-order valence-corrected chi connectivity index (χ3v) is 6.73. The summed E-state index contributed by atoms with van der Waals surface area (Å²) in [4.78, 5) is 2.33. The van der Waals surface area contributed by atoms with E-state index in [1.807, 2.05) is 0 Å². The minimum atomic E-state index is -3.10. The Morgan fingerprint density at radius 3 is 2.67 bits per heavy atom. The van der Waals surface area contributed by atoms with Gasteiger partial charge in [0, 0.05) is 32.8 Å². The van der Waals surface area contributed by atoms with Crippen molar-refractivity contribution < 1.29 is 13.2 Å². The number of hydrogen-bond acceptors (Lipinski definition) is 4. The third-order valence-electron chi connectivity index (χ3n) is 3.56. The summed E-state index contributed by atoms with van der Waals surface area (Å²) in [5.74, 6) is 0. The molecule has 0 aromatic carbocycles. The molecular weight excluding hydrogens is 320 g/mol. The van der Waals surface area contributed by atoms with Crippen molar-refractivity contribution in [2.45, 2.75) is 25.4 Å². The summed E-state index contributed by atoms with van der Waals surface area (Å²) in [5, 5.41) is 0. The van der Waals surface area contributed by atoms with Gasteiger partial charge in [0.05, 0.1) is 6.10 Å². The second-order valence-electron chi connectivity index (χ2n) is 4.91. The van der Waals surface area contributed by atoms with E-state index in [-0.39, 0.29) is 4.66 Å². The Balaban J connectivity index is 1.84. The maximum atomic E-state index is 11.8. The molecule has 7 heteroatoms. The zero-order valence-electron chi connectivity index (χ0n) is 10.6. The van der Waals surface area contributed by atoms with Gasteiger partial charge in [-0.1, -0.05) is 15.9 Å². The molecule has 0 radical (unpaired) electrons. The molecule has 0 aromatic heterocycles. The molecule has 5 nitrogen and oxygen atoms in total. The van der Waals surface area contributed by atoms with E-state index in [1.54, 1.807) is 4.31 Å².